The Balaban J connectivity index is 1.97. The molecule has 0 aliphatic carbocycles. The first kappa shape index (κ1) is 10.7. The summed E-state index contributed by atoms with van der Waals surface area (Å²) in [5.74, 6) is 0.812. The summed E-state index contributed by atoms with van der Waals surface area (Å²) >= 11 is 0. The zero-order chi connectivity index (χ0) is 11.4. The molecule has 84 valence electrons. The van der Waals surface area contributed by atoms with Crippen LogP contribution in [0.3, 0.4) is 0 Å². The Hall–Kier alpha value is -1.84. The zero-order valence-electron chi connectivity index (χ0n) is 8.98. The van der Waals surface area contributed by atoms with E-state index in [1.165, 1.54) is 6.07 Å². The molecule has 0 amide bonds. The van der Waals surface area contributed by atoms with Gasteiger partial charge in [0.15, 0.2) is 11.6 Å². The van der Waals surface area contributed by atoms with Crippen molar-refractivity contribution in [2.75, 3.05) is 5.32 Å². The minimum absolute atomic E-state index is 0.0653. The van der Waals surface area contributed by atoms with Gasteiger partial charge in [0.25, 0.3) is 0 Å². The molecular weight excluding hydrogens is 207 g/mol. The molecule has 1 unspecified atom stereocenters. The molecule has 0 aliphatic heterocycles. The molecule has 0 aliphatic rings. The minimum atomic E-state index is -0.339. The number of pyridine rings is 1. The van der Waals surface area contributed by atoms with E-state index in [0.29, 0.717) is 6.42 Å². The topological polar surface area (TPSA) is 38.1 Å². The van der Waals surface area contributed by atoms with E-state index < -0.39 is 0 Å². The average Bonchev–Trinajstić information content (AvgIpc) is 2.74. The molecule has 2 rings (SSSR count). The van der Waals surface area contributed by atoms with Gasteiger partial charge >= 0.3 is 0 Å². The monoisotopic (exact) mass is 220 g/mol. The van der Waals surface area contributed by atoms with Crippen molar-refractivity contribution in [3.05, 3.63) is 48.3 Å². The lowest BCUT2D eigenvalue weighted by molar-refractivity contribution is 0.496. The summed E-state index contributed by atoms with van der Waals surface area (Å²) in [5.41, 5.74) is 0. The number of anilines is 1. The van der Waals surface area contributed by atoms with E-state index in [9.17, 15) is 4.39 Å². The molecule has 16 heavy (non-hydrogen) atoms. The van der Waals surface area contributed by atoms with E-state index in [1.807, 2.05) is 19.1 Å². The Morgan fingerprint density at radius 2 is 2.31 bits per heavy atom. The second-order valence-electron chi connectivity index (χ2n) is 3.66. The Labute approximate surface area is 93.3 Å². The van der Waals surface area contributed by atoms with E-state index in [0.717, 1.165) is 5.76 Å². The van der Waals surface area contributed by atoms with E-state index in [4.69, 9.17) is 4.42 Å². The van der Waals surface area contributed by atoms with Gasteiger partial charge in [0.2, 0.25) is 0 Å². The molecule has 0 bridgehead atoms. The lowest BCUT2D eigenvalue weighted by Crippen LogP contribution is -2.19. The summed E-state index contributed by atoms with van der Waals surface area (Å²) < 4.78 is 18.5. The lowest BCUT2D eigenvalue weighted by atomic mass is 10.2. The Bertz CT molecular complexity index is 442. The molecule has 0 spiro atoms. The molecule has 0 fully saturated rings. The van der Waals surface area contributed by atoms with Gasteiger partial charge in [-0.2, -0.15) is 0 Å². The van der Waals surface area contributed by atoms with Gasteiger partial charge in [-0.05, 0) is 31.2 Å². The summed E-state index contributed by atoms with van der Waals surface area (Å²) in [6, 6.07) is 6.75. The number of aromatic nitrogens is 1. The smallest absolute Gasteiger partial charge is 0.165 e. The summed E-state index contributed by atoms with van der Waals surface area (Å²) in [6.45, 7) is 1.96. The van der Waals surface area contributed by atoms with Crippen molar-refractivity contribution in [2.24, 2.45) is 0 Å². The molecule has 1 atom stereocenters. The van der Waals surface area contributed by atoms with Crippen LogP contribution in [0, 0.1) is 5.82 Å². The highest BCUT2D eigenvalue weighted by Crippen LogP contribution is 2.12. The predicted molar refractivity (Wildman–Crippen MR) is 59.7 cm³/mol. The van der Waals surface area contributed by atoms with E-state index in [2.05, 4.69) is 10.3 Å². The maximum Gasteiger partial charge on any atom is 0.165 e. The van der Waals surface area contributed by atoms with Crippen LogP contribution in [-0.2, 0) is 6.42 Å². The first-order chi connectivity index (χ1) is 7.75. The van der Waals surface area contributed by atoms with Gasteiger partial charge in [0.05, 0.1) is 6.26 Å². The van der Waals surface area contributed by atoms with Gasteiger partial charge in [-0.3, -0.25) is 0 Å². The Morgan fingerprint density at radius 3 is 3.00 bits per heavy atom. The fourth-order valence-electron chi connectivity index (χ4n) is 1.51. The molecule has 2 aromatic heterocycles. The molecular formula is C12H13FN2O. The second kappa shape index (κ2) is 4.79. The largest absolute Gasteiger partial charge is 0.469 e. The second-order valence-corrected chi connectivity index (χ2v) is 3.66. The fourth-order valence-corrected chi connectivity index (χ4v) is 1.51. The standard InChI is InChI=1S/C12H13FN2O/c1-9(8-10-4-3-7-16-10)15-12-11(13)5-2-6-14-12/h2-7,9H,8H2,1H3,(H,14,15). The van der Waals surface area contributed by atoms with Crippen molar-refractivity contribution in [3.8, 4) is 0 Å². The van der Waals surface area contributed by atoms with Crippen LogP contribution in [-0.4, -0.2) is 11.0 Å². The Morgan fingerprint density at radius 1 is 1.44 bits per heavy atom. The van der Waals surface area contributed by atoms with Crippen LogP contribution in [0.25, 0.3) is 0 Å². The molecule has 0 aromatic carbocycles. The minimum Gasteiger partial charge on any atom is -0.469 e. The highest BCUT2D eigenvalue weighted by atomic mass is 19.1. The Kier molecular flexibility index (Phi) is 3.19. The summed E-state index contributed by atoms with van der Waals surface area (Å²) in [4.78, 5) is 3.93. The third-order valence-electron chi connectivity index (χ3n) is 2.23. The molecule has 4 heteroatoms. The van der Waals surface area contributed by atoms with Crippen LogP contribution in [0.5, 0.6) is 0 Å². The van der Waals surface area contributed by atoms with Crippen LogP contribution in [0.15, 0.2) is 41.1 Å². The molecule has 0 saturated heterocycles. The molecule has 3 nitrogen and oxygen atoms in total. The van der Waals surface area contributed by atoms with E-state index in [-0.39, 0.29) is 17.7 Å². The van der Waals surface area contributed by atoms with Gasteiger partial charge in [-0.25, -0.2) is 9.37 Å². The zero-order valence-corrected chi connectivity index (χ0v) is 8.98. The van der Waals surface area contributed by atoms with Crippen molar-refractivity contribution < 1.29 is 8.81 Å². The molecule has 0 radical (unpaired) electrons. The summed E-state index contributed by atoms with van der Waals surface area (Å²) in [6.07, 6.45) is 3.89. The highest BCUT2D eigenvalue weighted by molar-refractivity contribution is 5.36. The van der Waals surface area contributed by atoms with E-state index in [1.54, 1.807) is 18.5 Å². The third kappa shape index (κ3) is 2.59. The number of nitrogens with one attached hydrogen (secondary N) is 1. The van der Waals surface area contributed by atoms with Crippen molar-refractivity contribution in [1.82, 2.24) is 4.98 Å². The van der Waals surface area contributed by atoms with Crippen LogP contribution >= 0.6 is 0 Å². The van der Waals surface area contributed by atoms with Gasteiger partial charge < -0.3 is 9.73 Å². The van der Waals surface area contributed by atoms with Crippen molar-refractivity contribution in [1.29, 1.82) is 0 Å². The van der Waals surface area contributed by atoms with Crippen molar-refractivity contribution >= 4 is 5.82 Å². The lowest BCUT2D eigenvalue weighted by Gasteiger charge is -2.13. The molecule has 2 heterocycles. The number of hydrogen-bond acceptors (Lipinski definition) is 3. The van der Waals surface area contributed by atoms with Crippen molar-refractivity contribution in [3.63, 3.8) is 0 Å². The quantitative estimate of drug-likeness (QED) is 0.861. The van der Waals surface area contributed by atoms with Crippen LogP contribution < -0.4 is 5.32 Å². The SMILES string of the molecule is CC(Cc1ccco1)Nc1ncccc1F. The third-order valence-corrected chi connectivity index (χ3v) is 2.23. The van der Waals surface area contributed by atoms with E-state index >= 15 is 0 Å². The number of hydrogen-bond donors (Lipinski definition) is 1. The van der Waals surface area contributed by atoms with Crippen LogP contribution in [0.2, 0.25) is 0 Å². The predicted octanol–water partition coefficient (Wildman–Crippen LogP) is 2.86. The molecule has 1 N–H and O–H groups in total. The number of nitrogens with zero attached hydrogens (tertiary/aromatic N) is 1. The normalized spacial score (nSPS) is 12.4. The van der Waals surface area contributed by atoms with Gasteiger partial charge in [-0.15, -0.1) is 0 Å². The first-order valence-corrected chi connectivity index (χ1v) is 5.15. The average molecular weight is 220 g/mol. The van der Waals surface area contributed by atoms with Gasteiger partial charge in [0.1, 0.15) is 5.76 Å². The number of rotatable bonds is 4. The highest BCUT2D eigenvalue weighted by Gasteiger charge is 2.08. The maximum atomic E-state index is 13.3. The van der Waals surface area contributed by atoms with Crippen molar-refractivity contribution in [2.45, 2.75) is 19.4 Å². The first-order valence-electron chi connectivity index (χ1n) is 5.15. The summed E-state index contributed by atoms with van der Waals surface area (Å²) in [7, 11) is 0. The van der Waals surface area contributed by atoms with Crippen LogP contribution in [0.4, 0.5) is 10.2 Å². The number of halogens is 1. The molecule has 2 aromatic rings. The van der Waals surface area contributed by atoms with Gasteiger partial charge in [-0.1, -0.05) is 0 Å². The number of furan rings is 1. The van der Waals surface area contributed by atoms with Crippen LogP contribution in [0.1, 0.15) is 12.7 Å². The maximum absolute atomic E-state index is 13.3. The molecule has 0 saturated carbocycles. The fraction of sp³-hybridized carbons (Fsp3) is 0.250. The van der Waals surface area contributed by atoms with Gasteiger partial charge in [0, 0.05) is 18.7 Å². The summed E-state index contributed by atoms with van der Waals surface area (Å²) in [5, 5.41) is 3.00.